The Kier molecular flexibility index (Phi) is 2.79. The van der Waals surface area contributed by atoms with Crippen LogP contribution in [-0.2, 0) is 0 Å². The van der Waals surface area contributed by atoms with Crippen LogP contribution in [0.4, 0.5) is 5.13 Å². The highest BCUT2D eigenvalue weighted by atomic mass is 79.9. The number of pyridine rings is 1. The fourth-order valence-electron chi connectivity index (χ4n) is 1.07. The van der Waals surface area contributed by atoms with Gasteiger partial charge in [-0.3, -0.25) is 4.98 Å². The summed E-state index contributed by atoms with van der Waals surface area (Å²) in [7, 11) is 1.86. The number of nitrogens with zero attached hydrogens (tertiary/aromatic N) is 2. The maximum atomic E-state index is 4.39. The van der Waals surface area contributed by atoms with Crippen molar-refractivity contribution in [3.8, 4) is 11.3 Å². The molecule has 3 nitrogen and oxygen atoms in total. The van der Waals surface area contributed by atoms with Gasteiger partial charge in [-0.2, -0.15) is 0 Å². The predicted octanol–water partition coefficient (Wildman–Crippen LogP) is 3.01. The molecule has 2 aromatic rings. The average molecular weight is 270 g/mol. The predicted molar refractivity (Wildman–Crippen MR) is 62.6 cm³/mol. The van der Waals surface area contributed by atoms with Gasteiger partial charge in [-0.25, -0.2) is 4.98 Å². The van der Waals surface area contributed by atoms with Crippen molar-refractivity contribution in [2.45, 2.75) is 0 Å². The number of thiazole rings is 1. The van der Waals surface area contributed by atoms with Gasteiger partial charge in [-0.05, 0) is 22.0 Å². The van der Waals surface area contributed by atoms with Crippen molar-refractivity contribution in [2.75, 3.05) is 12.4 Å². The second kappa shape index (κ2) is 4.06. The Morgan fingerprint density at radius 2 is 2.29 bits per heavy atom. The maximum Gasteiger partial charge on any atom is 0.182 e. The highest BCUT2D eigenvalue weighted by Crippen LogP contribution is 2.25. The molecular weight excluding hydrogens is 262 g/mol. The van der Waals surface area contributed by atoms with Crippen molar-refractivity contribution in [1.82, 2.24) is 9.97 Å². The molecule has 0 aliphatic heterocycles. The van der Waals surface area contributed by atoms with E-state index in [0.717, 1.165) is 20.9 Å². The third-order valence-corrected chi connectivity index (χ3v) is 3.01. The fraction of sp³-hybridized carbons (Fsp3) is 0.111. The van der Waals surface area contributed by atoms with Gasteiger partial charge in [0.2, 0.25) is 0 Å². The van der Waals surface area contributed by atoms with Crippen molar-refractivity contribution >= 4 is 32.4 Å². The lowest BCUT2D eigenvalue weighted by Gasteiger charge is -1.95. The van der Waals surface area contributed by atoms with Crippen molar-refractivity contribution in [1.29, 1.82) is 0 Å². The summed E-state index contributed by atoms with van der Waals surface area (Å²) in [5, 5.41) is 5.93. The van der Waals surface area contributed by atoms with E-state index in [-0.39, 0.29) is 0 Å². The number of nitrogens with one attached hydrogen (secondary N) is 1. The minimum absolute atomic E-state index is 0.917. The zero-order chi connectivity index (χ0) is 9.97. The molecule has 0 saturated carbocycles. The normalized spacial score (nSPS) is 10.1. The molecule has 0 atom stereocenters. The largest absolute Gasteiger partial charge is 0.365 e. The Labute approximate surface area is 94.4 Å². The van der Waals surface area contributed by atoms with Gasteiger partial charge in [0.1, 0.15) is 0 Å². The lowest BCUT2D eigenvalue weighted by atomic mass is 10.2. The van der Waals surface area contributed by atoms with E-state index in [2.05, 4.69) is 31.2 Å². The summed E-state index contributed by atoms with van der Waals surface area (Å²) in [5.74, 6) is 0. The fourth-order valence-corrected chi connectivity index (χ4v) is 2.12. The first-order chi connectivity index (χ1) is 6.79. The van der Waals surface area contributed by atoms with E-state index in [9.17, 15) is 0 Å². The lowest BCUT2D eigenvalue weighted by molar-refractivity contribution is 1.28. The first-order valence-corrected chi connectivity index (χ1v) is 5.71. The smallest absolute Gasteiger partial charge is 0.182 e. The lowest BCUT2D eigenvalue weighted by Crippen LogP contribution is -1.86. The summed E-state index contributed by atoms with van der Waals surface area (Å²) >= 11 is 4.97. The molecule has 2 rings (SSSR count). The van der Waals surface area contributed by atoms with Gasteiger partial charge < -0.3 is 5.32 Å². The highest BCUT2D eigenvalue weighted by Gasteiger charge is 2.03. The molecule has 0 spiro atoms. The van der Waals surface area contributed by atoms with Crippen molar-refractivity contribution in [2.24, 2.45) is 0 Å². The monoisotopic (exact) mass is 269 g/mol. The van der Waals surface area contributed by atoms with E-state index in [1.54, 1.807) is 23.7 Å². The molecule has 0 unspecified atom stereocenters. The Morgan fingerprint density at radius 1 is 1.43 bits per heavy atom. The highest BCUT2D eigenvalue weighted by molar-refractivity contribution is 9.10. The summed E-state index contributed by atoms with van der Waals surface area (Å²) in [6, 6.07) is 2.00. The molecule has 2 heterocycles. The summed E-state index contributed by atoms with van der Waals surface area (Å²) in [4.78, 5) is 8.48. The number of anilines is 1. The molecule has 0 radical (unpaired) electrons. The minimum atomic E-state index is 0.917. The number of hydrogen-bond acceptors (Lipinski definition) is 4. The molecule has 0 amide bonds. The van der Waals surface area contributed by atoms with Crippen molar-refractivity contribution in [3.63, 3.8) is 0 Å². The molecule has 14 heavy (non-hydrogen) atoms. The molecule has 0 aromatic carbocycles. The minimum Gasteiger partial charge on any atom is -0.365 e. The topological polar surface area (TPSA) is 37.8 Å². The average Bonchev–Trinajstić information content (AvgIpc) is 2.66. The number of aromatic nitrogens is 2. The number of hydrogen-bond donors (Lipinski definition) is 1. The Bertz CT molecular complexity index is 441. The molecule has 0 bridgehead atoms. The van der Waals surface area contributed by atoms with Crippen LogP contribution >= 0.6 is 27.3 Å². The summed E-state index contributed by atoms with van der Waals surface area (Å²) in [5.41, 5.74) is 1.98. The Hall–Kier alpha value is -0.940. The molecule has 0 aliphatic carbocycles. The van der Waals surface area contributed by atoms with E-state index < -0.39 is 0 Å². The maximum absolute atomic E-state index is 4.39. The van der Waals surface area contributed by atoms with Gasteiger partial charge in [-0.15, -0.1) is 11.3 Å². The number of rotatable bonds is 2. The van der Waals surface area contributed by atoms with Crippen molar-refractivity contribution < 1.29 is 0 Å². The third-order valence-electron chi connectivity index (χ3n) is 1.72. The summed E-state index contributed by atoms with van der Waals surface area (Å²) < 4.78 is 0.967. The summed E-state index contributed by atoms with van der Waals surface area (Å²) in [6.45, 7) is 0. The van der Waals surface area contributed by atoms with Gasteiger partial charge in [0.05, 0.1) is 5.69 Å². The third kappa shape index (κ3) is 1.93. The van der Waals surface area contributed by atoms with Gasteiger partial charge >= 0.3 is 0 Å². The summed E-state index contributed by atoms with van der Waals surface area (Å²) in [6.07, 6.45) is 3.56. The van der Waals surface area contributed by atoms with Crippen LogP contribution < -0.4 is 5.32 Å². The van der Waals surface area contributed by atoms with Crippen LogP contribution in [0.2, 0.25) is 0 Å². The van der Waals surface area contributed by atoms with Crippen LogP contribution in [0.1, 0.15) is 0 Å². The molecule has 72 valence electrons. The molecule has 0 fully saturated rings. The first-order valence-electron chi connectivity index (χ1n) is 4.04. The van der Waals surface area contributed by atoms with Crippen LogP contribution in [0, 0.1) is 0 Å². The van der Waals surface area contributed by atoms with E-state index >= 15 is 0 Å². The Morgan fingerprint density at radius 3 is 2.93 bits per heavy atom. The van der Waals surface area contributed by atoms with Crippen LogP contribution in [0.25, 0.3) is 11.3 Å². The van der Waals surface area contributed by atoms with Crippen LogP contribution in [0.5, 0.6) is 0 Å². The molecular formula is C9H8BrN3S. The second-order valence-electron chi connectivity index (χ2n) is 2.68. The van der Waals surface area contributed by atoms with E-state index in [0.29, 0.717) is 0 Å². The SMILES string of the molecule is CNc1nc(-c2cncc(Br)c2)cs1. The van der Waals surface area contributed by atoms with Crippen LogP contribution in [0.15, 0.2) is 28.3 Å². The van der Waals surface area contributed by atoms with Gasteiger partial charge in [0.25, 0.3) is 0 Å². The second-order valence-corrected chi connectivity index (χ2v) is 4.45. The van der Waals surface area contributed by atoms with E-state index in [1.807, 2.05) is 18.5 Å². The van der Waals surface area contributed by atoms with Crippen LogP contribution in [-0.4, -0.2) is 17.0 Å². The van der Waals surface area contributed by atoms with E-state index in [4.69, 9.17) is 0 Å². The molecule has 1 N–H and O–H groups in total. The van der Waals surface area contributed by atoms with Gasteiger partial charge in [0.15, 0.2) is 5.13 Å². The quantitative estimate of drug-likeness (QED) is 0.911. The Balaban J connectivity index is 2.39. The first kappa shape index (κ1) is 9.61. The molecule has 0 saturated heterocycles. The molecule has 0 aliphatic rings. The van der Waals surface area contributed by atoms with Crippen molar-refractivity contribution in [3.05, 3.63) is 28.3 Å². The number of halogens is 1. The molecule has 5 heteroatoms. The standard InChI is InChI=1S/C9H8BrN3S/c1-11-9-13-8(5-14-9)6-2-7(10)4-12-3-6/h2-5H,1H3,(H,11,13). The van der Waals surface area contributed by atoms with E-state index in [1.165, 1.54) is 0 Å². The zero-order valence-corrected chi connectivity index (χ0v) is 9.89. The molecule has 2 aromatic heterocycles. The zero-order valence-electron chi connectivity index (χ0n) is 7.49. The van der Waals surface area contributed by atoms with Gasteiger partial charge in [0, 0.05) is 34.9 Å². The van der Waals surface area contributed by atoms with Crippen LogP contribution in [0.3, 0.4) is 0 Å². The van der Waals surface area contributed by atoms with Gasteiger partial charge in [-0.1, -0.05) is 0 Å².